The molecule has 1 N–H and O–H groups in total. The van der Waals surface area contributed by atoms with Gasteiger partial charge in [-0.25, -0.2) is 13.5 Å². The van der Waals surface area contributed by atoms with E-state index >= 15 is 0 Å². The first-order valence-corrected chi connectivity index (χ1v) is 9.48. The molecule has 1 heterocycles. The first-order chi connectivity index (χ1) is 14.5. The minimum Gasteiger partial charge on any atom is -0.494 e. The number of unbranched alkanes of at least 4 members (excludes halogenated alkanes) is 1. The molecule has 8 heteroatoms. The summed E-state index contributed by atoms with van der Waals surface area (Å²) in [5, 5.41) is 6.71. The third-order valence-corrected chi connectivity index (χ3v) is 4.34. The molecule has 0 atom stereocenters. The van der Waals surface area contributed by atoms with Gasteiger partial charge < -0.3 is 10.1 Å². The minimum atomic E-state index is -0.621. The Hall–Kier alpha value is -3.55. The average molecular weight is 413 g/mol. The monoisotopic (exact) mass is 413 g/mol. The first kappa shape index (κ1) is 21.2. The van der Waals surface area contributed by atoms with Gasteiger partial charge in [-0.1, -0.05) is 12.1 Å². The van der Waals surface area contributed by atoms with E-state index in [0.717, 1.165) is 0 Å². The van der Waals surface area contributed by atoms with Gasteiger partial charge >= 0.3 is 0 Å². The van der Waals surface area contributed by atoms with Crippen molar-refractivity contribution in [2.75, 3.05) is 13.2 Å². The highest BCUT2D eigenvalue weighted by molar-refractivity contribution is 5.92. The number of benzene rings is 2. The van der Waals surface area contributed by atoms with Crippen LogP contribution >= 0.6 is 0 Å². The Bertz CT molecular complexity index is 1080. The van der Waals surface area contributed by atoms with E-state index in [0.29, 0.717) is 37.4 Å². The van der Waals surface area contributed by atoms with Gasteiger partial charge in [0.15, 0.2) is 5.69 Å². The van der Waals surface area contributed by atoms with Crippen LogP contribution in [0, 0.1) is 18.6 Å². The number of carbonyl (C=O) groups excluding carboxylic acids is 1. The maximum Gasteiger partial charge on any atom is 0.275 e. The second-order valence-corrected chi connectivity index (χ2v) is 6.63. The molecule has 0 spiro atoms. The number of carbonyl (C=O) groups is 1. The Kier molecular flexibility index (Phi) is 6.90. The van der Waals surface area contributed by atoms with Gasteiger partial charge in [0, 0.05) is 18.3 Å². The molecule has 6 nitrogen and oxygen atoms in total. The van der Waals surface area contributed by atoms with E-state index in [1.165, 1.54) is 35.0 Å². The summed E-state index contributed by atoms with van der Waals surface area (Å²) in [6, 6.07) is 13.0. The number of rotatable bonds is 8. The summed E-state index contributed by atoms with van der Waals surface area (Å²) in [7, 11) is 0. The predicted octanol–water partition coefficient (Wildman–Crippen LogP) is 3.41. The lowest BCUT2D eigenvalue weighted by Crippen LogP contribution is -2.32. The molecule has 0 unspecified atom stereocenters. The van der Waals surface area contributed by atoms with Crippen molar-refractivity contribution >= 4 is 5.91 Å². The third-order valence-electron chi connectivity index (χ3n) is 4.34. The smallest absolute Gasteiger partial charge is 0.275 e. The van der Waals surface area contributed by atoms with Gasteiger partial charge in [0.05, 0.1) is 6.61 Å². The lowest BCUT2D eigenvalue weighted by atomic mass is 10.2. The summed E-state index contributed by atoms with van der Waals surface area (Å²) >= 11 is 0. The van der Waals surface area contributed by atoms with Crippen molar-refractivity contribution < 1.29 is 18.3 Å². The third kappa shape index (κ3) is 5.28. The number of aryl methyl sites for hydroxylation is 1. The van der Waals surface area contributed by atoms with Gasteiger partial charge in [-0.05, 0) is 56.2 Å². The van der Waals surface area contributed by atoms with Crippen molar-refractivity contribution in [2.24, 2.45) is 0 Å². The zero-order valence-corrected chi connectivity index (χ0v) is 16.4. The highest BCUT2D eigenvalue weighted by Crippen LogP contribution is 2.13. The topological polar surface area (TPSA) is 73.2 Å². The lowest BCUT2D eigenvalue weighted by Gasteiger charge is -2.12. The zero-order chi connectivity index (χ0) is 21.5. The number of hydrogen-bond donors (Lipinski definition) is 1. The Morgan fingerprint density at radius 3 is 2.57 bits per heavy atom. The molecule has 1 aromatic heterocycles. The Labute approximate surface area is 172 Å². The molecule has 0 radical (unpaired) electrons. The van der Waals surface area contributed by atoms with Crippen LogP contribution in [0.15, 0.2) is 59.4 Å². The zero-order valence-electron chi connectivity index (χ0n) is 16.4. The van der Waals surface area contributed by atoms with E-state index in [9.17, 15) is 18.4 Å². The highest BCUT2D eigenvalue weighted by Gasteiger charge is 2.16. The maximum atomic E-state index is 14.1. The molecular formula is C22H21F2N3O3. The number of amides is 1. The fourth-order valence-corrected chi connectivity index (χ4v) is 2.81. The van der Waals surface area contributed by atoms with Gasteiger partial charge in [0.1, 0.15) is 23.1 Å². The number of aromatic nitrogens is 2. The summed E-state index contributed by atoms with van der Waals surface area (Å²) in [4.78, 5) is 24.6. The van der Waals surface area contributed by atoms with Crippen LogP contribution in [0.3, 0.4) is 0 Å². The largest absolute Gasteiger partial charge is 0.494 e. The standard InChI is InChI=1S/C22H21F2N3O3/c1-15-14-20(28)21(26-27(15)19-7-3-2-6-18(19)24)22(29)25-12-4-5-13-30-17-10-8-16(23)9-11-17/h2-3,6-11,14H,4-5,12-13H2,1H3,(H,25,29). The van der Waals surface area contributed by atoms with Crippen LogP contribution in [0.25, 0.3) is 5.69 Å². The molecule has 2 aromatic carbocycles. The van der Waals surface area contributed by atoms with Gasteiger partial charge in [0.25, 0.3) is 5.91 Å². The summed E-state index contributed by atoms with van der Waals surface area (Å²) in [6.07, 6.45) is 1.26. The molecule has 30 heavy (non-hydrogen) atoms. The maximum absolute atomic E-state index is 14.1. The Morgan fingerprint density at radius 1 is 1.10 bits per heavy atom. The fourth-order valence-electron chi connectivity index (χ4n) is 2.81. The predicted molar refractivity (Wildman–Crippen MR) is 108 cm³/mol. The first-order valence-electron chi connectivity index (χ1n) is 9.48. The summed E-state index contributed by atoms with van der Waals surface area (Å²) in [6.45, 7) is 2.34. The van der Waals surface area contributed by atoms with Gasteiger partial charge in [-0.2, -0.15) is 5.10 Å². The minimum absolute atomic E-state index is 0.155. The van der Waals surface area contributed by atoms with Crippen molar-refractivity contribution in [3.8, 4) is 11.4 Å². The molecule has 0 saturated heterocycles. The van der Waals surface area contributed by atoms with Gasteiger partial charge in [0.2, 0.25) is 5.43 Å². The Morgan fingerprint density at radius 2 is 1.83 bits per heavy atom. The van der Waals surface area contributed by atoms with Crippen LogP contribution in [-0.2, 0) is 0 Å². The molecule has 3 rings (SSSR count). The molecule has 0 aliphatic heterocycles. The molecule has 156 valence electrons. The van der Waals surface area contributed by atoms with Crippen LogP contribution in [0.1, 0.15) is 29.0 Å². The van der Waals surface area contributed by atoms with Crippen molar-refractivity contribution in [3.63, 3.8) is 0 Å². The van der Waals surface area contributed by atoms with E-state index in [4.69, 9.17) is 4.74 Å². The lowest BCUT2D eigenvalue weighted by molar-refractivity contribution is 0.0944. The second-order valence-electron chi connectivity index (χ2n) is 6.63. The van der Waals surface area contributed by atoms with Crippen molar-refractivity contribution in [1.29, 1.82) is 0 Å². The molecule has 1 amide bonds. The number of ether oxygens (including phenoxy) is 1. The second kappa shape index (κ2) is 9.78. The van der Waals surface area contributed by atoms with Crippen LogP contribution in [0.2, 0.25) is 0 Å². The number of hydrogen-bond acceptors (Lipinski definition) is 4. The van der Waals surface area contributed by atoms with Crippen molar-refractivity contribution in [1.82, 2.24) is 15.1 Å². The molecular weight excluding hydrogens is 392 g/mol. The quantitative estimate of drug-likeness (QED) is 0.575. The van der Waals surface area contributed by atoms with E-state index in [2.05, 4.69) is 10.4 Å². The molecule has 0 saturated carbocycles. The number of nitrogens with zero attached hydrogens (tertiary/aromatic N) is 2. The Balaban J connectivity index is 1.55. The average Bonchev–Trinajstić information content (AvgIpc) is 2.72. The summed E-state index contributed by atoms with van der Waals surface area (Å²) in [5.41, 5.74) is -0.259. The molecule has 0 aliphatic carbocycles. The normalized spacial score (nSPS) is 10.6. The molecule has 0 aliphatic rings. The molecule has 3 aromatic rings. The number of halogens is 2. The van der Waals surface area contributed by atoms with Crippen LogP contribution in [0.4, 0.5) is 8.78 Å². The molecule has 0 fully saturated rings. The number of para-hydroxylation sites is 1. The van der Waals surface area contributed by atoms with E-state index < -0.39 is 17.2 Å². The van der Waals surface area contributed by atoms with E-state index in [1.54, 1.807) is 31.2 Å². The van der Waals surface area contributed by atoms with Crippen LogP contribution in [0.5, 0.6) is 5.75 Å². The fraction of sp³-hybridized carbons (Fsp3) is 0.227. The highest BCUT2D eigenvalue weighted by atomic mass is 19.1. The van der Waals surface area contributed by atoms with Crippen LogP contribution < -0.4 is 15.5 Å². The number of nitrogens with one attached hydrogen (secondary N) is 1. The van der Waals surface area contributed by atoms with Crippen molar-refractivity contribution in [2.45, 2.75) is 19.8 Å². The van der Waals surface area contributed by atoms with Gasteiger partial charge in [-0.3, -0.25) is 9.59 Å². The summed E-state index contributed by atoms with van der Waals surface area (Å²) in [5.74, 6) is -0.893. The van der Waals surface area contributed by atoms with E-state index in [-0.39, 0.29) is 17.2 Å². The van der Waals surface area contributed by atoms with Gasteiger partial charge in [-0.15, -0.1) is 0 Å². The van der Waals surface area contributed by atoms with E-state index in [1.807, 2.05) is 0 Å². The van der Waals surface area contributed by atoms with Crippen LogP contribution in [-0.4, -0.2) is 28.8 Å². The summed E-state index contributed by atoms with van der Waals surface area (Å²) < 4.78 is 33.6. The molecule has 0 bridgehead atoms. The van der Waals surface area contributed by atoms with Crippen molar-refractivity contribution in [3.05, 3.63) is 87.8 Å². The SMILES string of the molecule is Cc1cc(=O)c(C(=O)NCCCCOc2ccc(F)cc2)nn1-c1ccccc1F.